The molecule has 150 valence electrons. The number of rotatable bonds is 6. The molecule has 2 heterocycles. The summed E-state index contributed by atoms with van der Waals surface area (Å²) in [5.41, 5.74) is 1.24. The molecular formula is C20H23FN2O5. The molecule has 0 atom stereocenters. The average molecular weight is 390 g/mol. The minimum Gasteiger partial charge on any atom is -0.488 e. The van der Waals surface area contributed by atoms with Gasteiger partial charge in [-0.15, -0.1) is 0 Å². The van der Waals surface area contributed by atoms with Gasteiger partial charge in [0.05, 0.1) is 13.7 Å². The lowest BCUT2D eigenvalue weighted by Gasteiger charge is -2.17. The van der Waals surface area contributed by atoms with Gasteiger partial charge in [0, 0.05) is 44.4 Å². The fourth-order valence-electron chi connectivity index (χ4n) is 3.34. The third-order valence-electron chi connectivity index (χ3n) is 4.80. The van der Waals surface area contributed by atoms with Crippen LogP contribution >= 0.6 is 0 Å². The number of nitrogens with zero attached hydrogens (tertiary/aromatic N) is 2. The van der Waals surface area contributed by atoms with Crippen molar-refractivity contribution < 1.29 is 23.8 Å². The van der Waals surface area contributed by atoms with Gasteiger partial charge in [-0.25, -0.2) is 9.18 Å². The Kier molecular flexibility index (Phi) is 6.43. The molecule has 0 aliphatic carbocycles. The van der Waals surface area contributed by atoms with Crippen LogP contribution in [-0.4, -0.2) is 53.9 Å². The molecule has 2 aromatic rings. The van der Waals surface area contributed by atoms with E-state index in [1.54, 1.807) is 16.7 Å². The maximum atomic E-state index is 13.1. The minimum atomic E-state index is -0.575. The van der Waals surface area contributed by atoms with Crippen LogP contribution in [0, 0.1) is 5.82 Å². The van der Waals surface area contributed by atoms with Gasteiger partial charge < -0.3 is 19.1 Å². The number of carbonyl (C=O) groups excluding carboxylic acids is 1. The van der Waals surface area contributed by atoms with Gasteiger partial charge in [0.1, 0.15) is 23.7 Å². The van der Waals surface area contributed by atoms with Crippen molar-refractivity contribution >= 4 is 5.97 Å². The van der Waals surface area contributed by atoms with Crippen molar-refractivity contribution in [2.45, 2.75) is 19.6 Å². The number of ether oxygens (including phenoxy) is 2. The lowest BCUT2D eigenvalue weighted by atomic mass is 10.1. The fraction of sp³-hybridized carbons (Fsp3) is 0.400. The first-order valence-electron chi connectivity index (χ1n) is 9.09. The van der Waals surface area contributed by atoms with E-state index in [0.29, 0.717) is 43.9 Å². The smallest absolute Gasteiger partial charge is 0.343 e. The quantitative estimate of drug-likeness (QED) is 0.747. The van der Waals surface area contributed by atoms with Crippen LogP contribution < -0.4 is 10.3 Å². The van der Waals surface area contributed by atoms with E-state index in [0.717, 1.165) is 0 Å². The average Bonchev–Trinajstić information content (AvgIpc) is 2.91. The minimum absolute atomic E-state index is 0.0289. The molecule has 0 bridgehead atoms. The normalized spacial score (nSPS) is 14.2. The Morgan fingerprint density at radius 1 is 1.21 bits per heavy atom. The van der Waals surface area contributed by atoms with E-state index in [2.05, 4.69) is 0 Å². The summed E-state index contributed by atoms with van der Waals surface area (Å²) in [4.78, 5) is 27.1. The highest BCUT2D eigenvalue weighted by Crippen LogP contribution is 2.25. The molecule has 3 rings (SSSR count). The van der Waals surface area contributed by atoms with Crippen LogP contribution in [0.15, 0.2) is 35.1 Å². The van der Waals surface area contributed by atoms with Crippen LogP contribution in [0.5, 0.6) is 5.75 Å². The standard InChI is InChI=1S/C20H23FN2O5/c1-27-20(26)19-16-6-7-22(10-11-24)8-9-23(16)18(25)12-17(19)28-13-14-2-4-15(21)5-3-14/h2-5,12,24H,6-11,13H2,1H3. The summed E-state index contributed by atoms with van der Waals surface area (Å²) in [5, 5.41) is 9.17. The summed E-state index contributed by atoms with van der Waals surface area (Å²) in [6.45, 7) is 2.24. The second-order valence-corrected chi connectivity index (χ2v) is 6.54. The Balaban J connectivity index is 1.94. The molecule has 1 aromatic heterocycles. The van der Waals surface area contributed by atoms with Crippen molar-refractivity contribution in [2.24, 2.45) is 0 Å². The fourth-order valence-corrected chi connectivity index (χ4v) is 3.34. The van der Waals surface area contributed by atoms with E-state index in [4.69, 9.17) is 9.47 Å². The van der Waals surface area contributed by atoms with Crippen molar-refractivity contribution in [1.29, 1.82) is 0 Å². The van der Waals surface area contributed by atoms with E-state index in [-0.39, 0.29) is 35.9 Å². The molecule has 1 aliphatic heterocycles. The molecule has 0 unspecified atom stereocenters. The van der Waals surface area contributed by atoms with Gasteiger partial charge in [0.15, 0.2) is 0 Å². The van der Waals surface area contributed by atoms with Crippen molar-refractivity contribution in [3.05, 3.63) is 63.3 Å². The molecule has 0 fully saturated rings. The van der Waals surface area contributed by atoms with Gasteiger partial charge in [0.25, 0.3) is 5.56 Å². The van der Waals surface area contributed by atoms with Gasteiger partial charge in [-0.05, 0) is 17.7 Å². The number of β-amino-alcohol motifs (C(OH)–C–C–N with tert-alkyl or cyclic N) is 1. The second kappa shape index (κ2) is 8.99. The second-order valence-electron chi connectivity index (χ2n) is 6.54. The van der Waals surface area contributed by atoms with Crippen LogP contribution in [0.1, 0.15) is 21.6 Å². The zero-order chi connectivity index (χ0) is 20.1. The number of aliphatic hydroxyl groups is 1. The highest BCUT2D eigenvalue weighted by molar-refractivity contribution is 5.93. The number of carbonyl (C=O) groups is 1. The number of aliphatic hydroxyl groups excluding tert-OH is 1. The zero-order valence-corrected chi connectivity index (χ0v) is 15.7. The number of aromatic nitrogens is 1. The maximum Gasteiger partial charge on any atom is 0.343 e. The van der Waals surface area contributed by atoms with E-state index in [1.807, 2.05) is 4.90 Å². The molecule has 28 heavy (non-hydrogen) atoms. The summed E-state index contributed by atoms with van der Waals surface area (Å²) < 4.78 is 25.3. The van der Waals surface area contributed by atoms with E-state index in [9.17, 15) is 19.1 Å². The van der Waals surface area contributed by atoms with Crippen LogP contribution in [0.2, 0.25) is 0 Å². The molecule has 7 nitrogen and oxygen atoms in total. The van der Waals surface area contributed by atoms with Crippen LogP contribution in [0.4, 0.5) is 4.39 Å². The van der Waals surface area contributed by atoms with Gasteiger partial charge in [-0.2, -0.15) is 0 Å². The van der Waals surface area contributed by atoms with Gasteiger partial charge in [0.2, 0.25) is 0 Å². The Morgan fingerprint density at radius 3 is 2.64 bits per heavy atom. The number of fused-ring (bicyclic) bond motifs is 1. The molecule has 0 saturated carbocycles. The number of pyridine rings is 1. The van der Waals surface area contributed by atoms with E-state index >= 15 is 0 Å². The largest absolute Gasteiger partial charge is 0.488 e. The molecule has 0 amide bonds. The van der Waals surface area contributed by atoms with Crippen molar-refractivity contribution in [3.63, 3.8) is 0 Å². The lowest BCUT2D eigenvalue weighted by molar-refractivity contribution is 0.0592. The molecule has 8 heteroatoms. The molecule has 0 spiro atoms. The molecule has 0 saturated heterocycles. The Hall–Kier alpha value is -2.71. The molecule has 1 N–H and O–H groups in total. The summed E-state index contributed by atoms with van der Waals surface area (Å²) in [6, 6.07) is 7.09. The van der Waals surface area contributed by atoms with E-state index < -0.39 is 5.97 Å². The van der Waals surface area contributed by atoms with Gasteiger partial charge in [-0.3, -0.25) is 9.69 Å². The molecule has 1 aliphatic rings. The number of methoxy groups -OCH3 is 1. The SMILES string of the molecule is COC(=O)c1c(OCc2ccc(F)cc2)cc(=O)n2c1CCN(CCO)CC2. The Morgan fingerprint density at radius 2 is 1.96 bits per heavy atom. The Labute approximate surface area is 161 Å². The number of esters is 1. The van der Waals surface area contributed by atoms with E-state index in [1.165, 1.54) is 25.3 Å². The number of hydrogen-bond acceptors (Lipinski definition) is 6. The van der Waals surface area contributed by atoms with Crippen molar-refractivity contribution in [1.82, 2.24) is 9.47 Å². The summed E-state index contributed by atoms with van der Waals surface area (Å²) >= 11 is 0. The predicted octanol–water partition coefficient (Wildman–Crippen LogP) is 1.20. The van der Waals surface area contributed by atoms with Crippen LogP contribution in [-0.2, 0) is 24.3 Å². The molecule has 1 aromatic carbocycles. The number of hydrogen-bond donors (Lipinski definition) is 1. The first kappa shape index (κ1) is 20.0. The van der Waals surface area contributed by atoms with Crippen LogP contribution in [0.3, 0.4) is 0 Å². The highest BCUT2D eigenvalue weighted by atomic mass is 19.1. The van der Waals surface area contributed by atoms with Gasteiger partial charge in [-0.1, -0.05) is 12.1 Å². The zero-order valence-electron chi connectivity index (χ0n) is 15.7. The molecular weight excluding hydrogens is 367 g/mol. The maximum absolute atomic E-state index is 13.1. The predicted molar refractivity (Wildman–Crippen MR) is 100 cm³/mol. The van der Waals surface area contributed by atoms with Gasteiger partial charge >= 0.3 is 5.97 Å². The number of halogens is 1. The highest BCUT2D eigenvalue weighted by Gasteiger charge is 2.26. The summed E-state index contributed by atoms with van der Waals surface area (Å²) in [5.74, 6) is -0.772. The van der Waals surface area contributed by atoms with Crippen LogP contribution in [0.25, 0.3) is 0 Å². The first-order valence-corrected chi connectivity index (χ1v) is 9.09. The third-order valence-corrected chi connectivity index (χ3v) is 4.80. The molecule has 0 radical (unpaired) electrons. The third kappa shape index (κ3) is 4.40. The first-order chi connectivity index (χ1) is 13.5. The van der Waals surface area contributed by atoms with Crippen molar-refractivity contribution in [2.75, 3.05) is 33.4 Å². The lowest BCUT2D eigenvalue weighted by Crippen LogP contribution is -2.31. The van der Waals surface area contributed by atoms with Crippen molar-refractivity contribution in [3.8, 4) is 5.75 Å². The Bertz CT molecular complexity index is 895. The summed E-state index contributed by atoms with van der Waals surface area (Å²) in [6.07, 6.45) is 0.452. The monoisotopic (exact) mass is 390 g/mol. The topological polar surface area (TPSA) is 81.0 Å². The summed E-state index contributed by atoms with van der Waals surface area (Å²) in [7, 11) is 1.28. The number of benzene rings is 1.